The Balaban J connectivity index is 1.34. The van der Waals surface area contributed by atoms with Gasteiger partial charge in [0.1, 0.15) is 0 Å². The van der Waals surface area contributed by atoms with Gasteiger partial charge in [-0.2, -0.15) is 4.31 Å². The standard InChI is InChI=1S/C22H27N3O3S/c1-18-15-20-9-5-6-10-21(20)25(18)16-22(26)23-11-13-24(14-12-23)29(27,28)17-19-7-3-2-4-8-19/h2-10,18H,11-17H2,1H3. The van der Waals surface area contributed by atoms with Crippen molar-refractivity contribution in [3.8, 4) is 0 Å². The summed E-state index contributed by atoms with van der Waals surface area (Å²) in [5.74, 6) is 0.0674. The molecule has 0 bridgehead atoms. The van der Waals surface area contributed by atoms with Crippen LogP contribution >= 0.6 is 0 Å². The molecule has 0 radical (unpaired) electrons. The monoisotopic (exact) mass is 413 g/mol. The number of para-hydroxylation sites is 1. The maximum absolute atomic E-state index is 12.9. The number of anilines is 1. The molecule has 7 heteroatoms. The highest BCUT2D eigenvalue weighted by atomic mass is 32.2. The van der Waals surface area contributed by atoms with Gasteiger partial charge in [0.05, 0.1) is 12.3 Å². The largest absolute Gasteiger partial charge is 0.359 e. The molecule has 1 fully saturated rings. The zero-order valence-electron chi connectivity index (χ0n) is 16.7. The maximum atomic E-state index is 12.9. The first-order valence-electron chi connectivity index (χ1n) is 10.1. The SMILES string of the molecule is CC1Cc2ccccc2N1CC(=O)N1CCN(S(=O)(=O)Cc2ccccc2)CC1. The highest BCUT2D eigenvalue weighted by Gasteiger charge is 2.32. The number of hydrogen-bond donors (Lipinski definition) is 0. The van der Waals surface area contributed by atoms with Gasteiger partial charge in [0.2, 0.25) is 15.9 Å². The Hall–Kier alpha value is -2.38. The number of fused-ring (bicyclic) bond motifs is 1. The summed E-state index contributed by atoms with van der Waals surface area (Å²) in [4.78, 5) is 16.8. The van der Waals surface area contributed by atoms with E-state index in [0.29, 0.717) is 38.8 Å². The van der Waals surface area contributed by atoms with Crippen molar-refractivity contribution in [1.29, 1.82) is 0 Å². The zero-order chi connectivity index (χ0) is 20.4. The first-order chi connectivity index (χ1) is 13.9. The lowest BCUT2D eigenvalue weighted by molar-refractivity contribution is -0.130. The van der Waals surface area contributed by atoms with E-state index >= 15 is 0 Å². The third kappa shape index (κ3) is 4.31. The number of carbonyl (C=O) groups is 1. The minimum absolute atomic E-state index is 0.00383. The van der Waals surface area contributed by atoms with Gasteiger partial charge in [-0.3, -0.25) is 4.79 Å². The van der Waals surface area contributed by atoms with E-state index in [1.165, 1.54) is 9.87 Å². The van der Waals surface area contributed by atoms with E-state index in [2.05, 4.69) is 24.0 Å². The van der Waals surface area contributed by atoms with E-state index in [4.69, 9.17) is 0 Å². The highest BCUT2D eigenvalue weighted by Crippen LogP contribution is 2.31. The van der Waals surface area contributed by atoms with E-state index in [1.807, 2.05) is 42.5 Å². The molecule has 154 valence electrons. The molecule has 1 unspecified atom stereocenters. The van der Waals surface area contributed by atoms with Crippen molar-refractivity contribution in [2.45, 2.75) is 25.1 Å². The van der Waals surface area contributed by atoms with E-state index < -0.39 is 10.0 Å². The van der Waals surface area contributed by atoms with Crippen LogP contribution in [-0.2, 0) is 27.0 Å². The minimum atomic E-state index is -3.37. The number of hydrogen-bond acceptors (Lipinski definition) is 4. The average Bonchev–Trinajstić information content (AvgIpc) is 3.04. The van der Waals surface area contributed by atoms with Gasteiger partial charge in [-0.1, -0.05) is 48.5 Å². The molecule has 2 aromatic carbocycles. The smallest absolute Gasteiger partial charge is 0.242 e. The number of nitrogens with zero attached hydrogens (tertiary/aromatic N) is 3. The second-order valence-electron chi connectivity index (χ2n) is 7.83. The van der Waals surface area contributed by atoms with Crippen LogP contribution in [0.1, 0.15) is 18.1 Å². The van der Waals surface area contributed by atoms with Crippen LogP contribution in [0, 0.1) is 0 Å². The Kier molecular flexibility index (Phi) is 5.61. The fourth-order valence-electron chi connectivity index (χ4n) is 4.21. The topological polar surface area (TPSA) is 60.9 Å². The summed E-state index contributed by atoms with van der Waals surface area (Å²) in [7, 11) is -3.37. The van der Waals surface area contributed by atoms with Gasteiger partial charge in [0, 0.05) is 37.9 Å². The Morgan fingerprint density at radius 2 is 1.62 bits per heavy atom. The van der Waals surface area contributed by atoms with E-state index in [0.717, 1.165) is 17.7 Å². The van der Waals surface area contributed by atoms with Gasteiger partial charge in [-0.25, -0.2) is 8.42 Å². The normalized spacial score (nSPS) is 20.0. The predicted octanol–water partition coefficient (Wildman–Crippen LogP) is 2.11. The summed E-state index contributed by atoms with van der Waals surface area (Å²) in [6.45, 7) is 4.07. The number of amides is 1. The molecule has 1 saturated heterocycles. The number of rotatable bonds is 5. The van der Waals surface area contributed by atoms with Gasteiger partial charge in [-0.05, 0) is 30.5 Å². The molecule has 0 spiro atoms. The second kappa shape index (κ2) is 8.16. The molecule has 1 amide bonds. The number of piperazine rings is 1. The fourth-order valence-corrected chi connectivity index (χ4v) is 5.72. The van der Waals surface area contributed by atoms with E-state index in [1.54, 1.807) is 4.90 Å². The summed E-state index contributed by atoms with van der Waals surface area (Å²) >= 11 is 0. The van der Waals surface area contributed by atoms with Gasteiger partial charge in [0.15, 0.2) is 0 Å². The third-order valence-corrected chi connectivity index (χ3v) is 7.68. The summed E-state index contributed by atoms with van der Waals surface area (Å²) in [5.41, 5.74) is 3.20. The van der Waals surface area contributed by atoms with Gasteiger partial charge in [-0.15, -0.1) is 0 Å². The van der Waals surface area contributed by atoms with Crippen molar-refractivity contribution in [2.75, 3.05) is 37.6 Å². The fraction of sp³-hybridized carbons (Fsp3) is 0.409. The number of sulfonamides is 1. The van der Waals surface area contributed by atoms with Crippen molar-refractivity contribution in [2.24, 2.45) is 0 Å². The molecule has 2 aliphatic heterocycles. The summed E-state index contributed by atoms with van der Waals surface area (Å²) in [6.07, 6.45) is 0.953. The highest BCUT2D eigenvalue weighted by molar-refractivity contribution is 7.88. The summed E-state index contributed by atoms with van der Waals surface area (Å²) in [5, 5.41) is 0. The average molecular weight is 414 g/mol. The quantitative estimate of drug-likeness (QED) is 0.753. The molecular weight excluding hydrogens is 386 g/mol. The first-order valence-corrected chi connectivity index (χ1v) is 11.7. The van der Waals surface area contributed by atoms with Crippen molar-refractivity contribution in [3.05, 3.63) is 65.7 Å². The molecule has 2 aromatic rings. The first kappa shape index (κ1) is 19.9. The lowest BCUT2D eigenvalue weighted by atomic mass is 10.1. The second-order valence-corrected chi connectivity index (χ2v) is 9.80. The number of carbonyl (C=O) groups excluding carboxylic acids is 1. The lowest BCUT2D eigenvalue weighted by Crippen LogP contribution is -2.53. The van der Waals surface area contributed by atoms with Crippen LogP contribution < -0.4 is 4.90 Å². The molecule has 2 heterocycles. The molecular formula is C22H27N3O3S. The molecule has 0 saturated carbocycles. The molecule has 6 nitrogen and oxygen atoms in total. The Labute approximate surface area is 172 Å². The van der Waals surface area contributed by atoms with Crippen molar-refractivity contribution in [3.63, 3.8) is 0 Å². The Morgan fingerprint density at radius 1 is 0.966 bits per heavy atom. The van der Waals surface area contributed by atoms with Gasteiger partial charge >= 0.3 is 0 Å². The molecule has 1 atom stereocenters. The Morgan fingerprint density at radius 3 is 2.34 bits per heavy atom. The van der Waals surface area contributed by atoms with Crippen LogP contribution in [0.15, 0.2) is 54.6 Å². The van der Waals surface area contributed by atoms with Gasteiger partial charge < -0.3 is 9.80 Å². The van der Waals surface area contributed by atoms with Crippen molar-refractivity contribution in [1.82, 2.24) is 9.21 Å². The van der Waals surface area contributed by atoms with E-state index in [9.17, 15) is 13.2 Å². The van der Waals surface area contributed by atoms with Crippen molar-refractivity contribution >= 4 is 21.6 Å². The van der Waals surface area contributed by atoms with Crippen LogP contribution in [-0.4, -0.2) is 62.3 Å². The van der Waals surface area contributed by atoms with Crippen LogP contribution in [0.2, 0.25) is 0 Å². The summed E-state index contributed by atoms with van der Waals surface area (Å²) < 4.78 is 26.9. The molecule has 4 rings (SSSR count). The summed E-state index contributed by atoms with van der Waals surface area (Å²) in [6, 6.07) is 17.7. The molecule has 0 N–H and O–H groups in total. The molecule has 2 aliphatic rings. The van der Waals surface area contributed by atoms with E-state index in [-0.39, 0.29) is 11.7 Å². The van der Waals surface area contributed by atoms with Crippen LogP contribution in [0.5, 0.6) is 0 Å². The molecule has 0 aliphatic carbocycles. The molecule has 0 aromatic heterocycles. The Bertz CT molecular complexity index is 970. The molecule has 29 heavy (non-hydrogen) atoms. The van der Waals surface area contributed by atoms with Gasteiger partial charge in [0.25, 0.3) is 0 Å². The van der Waals surface area contributed by atoms with Crippen molar-refractivity contribution < 1.29 is 13.2 Å². The van der Waals surface area contributed by atoms with Crippen LogP contribution in [0.25, 0.3) is 0 Å². The number of benzene rings is 2. The van der Waals surface area contributed by atoms with Crippen LogP contribution in [0.3, 0.4) is 0 Å². The minimum Gasteiger partial charge on any atom is -0.359 e. The lowest BCUT2D eigenvalue weighted by Gasteiger charge is -2.35. The maximum Gasteiger partial charge on any atom is 0.242 e. The zero-order valence-corrected chi connectivity index (χ0v) is 17.5. The van der Waals surface area contributed by atoms with Crippen LogP contribution in [0.4, 0.5) is 5.69 Å². The third-order valence-electron chi connectivity index (χ3n) is 5.83. The predicted molar refractivity (Wildman–Crippen MR) is 114 cm³/mol.